The molecule has 0 aliphatic carbocycles. The Labute approximate surface area is 159 Å². The Kier molecular flexibility index (Phi) is 4.53. The van der Waals surface area contributed by atoms with Crippen LogP contribution in [0.2, 0.25) is 5.02 Å². The molecule has 130 valence electrons. The number of carbonyl (C=O) groups excluding carboxylic acids is 1. The van der Waals surface area contributed by atoms with Gasteiger partial charge in [0.2, 0.25) is 5.91 Å². The van der Waals surface area contributed by atoms with Crippen molar-refractivity contribution in [2.24, 2.45) is 0 Å². The molecule has 0 radical (unpaired) electrons. The van der Waals surface area contributed by atoms with E-state index in [0.717, 1.165) is 22.1 Å². The monoisotopic (exact) mass is 382 g/mol. The van der Waals surface area contributed by atoms with Crippen LogP contribution < -0.4 is 5.32 Å². The number of fused-ring (bicyclic) bond motifs is 3. The Bertz CT molecular complexity index is 1110. The predicted octanol–water partition coefficient (Wildman–Crippen LogP) is 4.58. The summed E-state index contributed by atoms with van der Waals surface area (Å²) in [5.41, 5.74) is 3.68. The molecule has 2 aromatic carbocycles. The lowest BCUT2D eigenvalue weighted by Gasteiger charge is -2.07. The van der Waals surface area contributed by atoms with Gasteiger partial charge in [-0.1, -0.05) is 41.6 Å². The number of amides is 1. The maximum atomic E-state index is 12.2. The number of halogens is 1. The van der Waals surface area contributed by atoms with Crippen LogP contribution in [0.1, 0.15) is 5.56 Å². The molecule has 0 bridgehead atoms. The lowest BCUT2D eigenvalue weighted by Crippen LogP contribution is -2.14. The highest BCUT2D eigenvalue weighted by Crippen LogP contribution is 2.25. The maximum absolute atomic E-state index is 12.2. The average molecular weight is 383 g/mol. The fraction of sp³-hybridized carbons (Fsp3) is 0.105. The molecule has 2 aromatic heterocycles. The zero-order chi connectivity index (χ0) is 18.1. The van der Waals surface area contributed by atoms with Gasteiger partial charge in [-0.15, -0.1) is 10.2 Å². The number of pyridine rings is 1. The Balaban J connectivity index is 1.57. The first-order valence-electron chi connectivity index (χ1n) is 8.03. The minimum atomic E-state index is -0.106. The number of hydrogen-bond donors (Lipinski definition) is 1. The summed E-state index contributed by atoms with van der Waals surface area (Å²) >= 11 is 7.22. The number of aryl methyl sites for hydroxylation is 1. The molecule has 1 amide bonds. The molecule has 26 heavy (non-hydrogen) atoms. The highest BCUT2D eigenvalue weighted by Gasteiger charge is 2.13. The molecule has 2 heterocycles. The van der Waals surface area contributed by atoms with Crippen LogP contribution in [0.3, 0.4) is 0 Å². The number of para-hydroxylation sites is 1. The van der Waals surface area contributed by atoms with Crippen LogP contribution in [-0.4, -0.2) is 26.3 Å². The largest absolute Gasteiger partial charge is 0.325 e. The molecule has 4 aromatic rings. The summed E-state index contributed by atoms with van der Waals surface area (Å²) in [5.74, 6) is 0.136. The molecule has 0 aliphatic rings. The van der Waals surface area contributed by atoms with E-state index >= 15 is 0 Å². The second-order valence-electron chi connectivity index (χ2n) is 5.86. The van der Waals surface area contributed by atoms with E-state index in [1.54, 1.807) is 24.3 Å². The van der Waals surface area contributed by atoms with Gasteiger partial charge in [0.15, 0.2) is 10.8 Å². The molecule has 0 fully saturated rings. The van der Waals surface area contributed by atoms with Crippen molar-refractivity contribution in [1.29, 1.82) is 0 Å². The molecule has 0 unspecified atom stereocenters. The quantitative estimate of drug-likeness (QED) is 0.525. The SMILES string of the molecule is Cc1cc2nnc(SCC(=O)Nc3ccc(Cl)cc3)n2c2ccccc12. The van der Waals surface area contributed by atoms with Crippen molar-refractivity contribution < 1.29 is 4.79 Å². The van der Waals surface area contributed by atoms with Crippen molar-refractivity contribution in [3.05, 3.63) is 65.2 Å². The van der Waals surface area contributed by atoms with Gasteiger partial charge in [0.1, 0.15) is 0 Å². The van der Waals surface area contributed by atoms with Crippen LogP contribution >= 0.6 is 23.4 Å². The Morgan fingerprint density at radius 1 is 1.15 bits per heavy atom. The van der Waals surface area contributed by atoms with Gasteiger partial charge in [-0.2, -0.15) is 0 Å². The Morgan fingerprint density at radius 3 is 2.73 bits per heavy atom. The number of aromatic nitrogens is 3. The highest BCUT2D eigenvalue weighted by molar-refractivity contribution is 7.99. The van der Waals surface area contributed by atoms with Gasteiger partial charge in [0.25, 0.3) is 0 Å². The Hall–Kier alpha value is -2.57. The topological polar surface area (TPSA) is 59.3 Å². The van der Waals surface area contributed by atoms with Gasteiger partial charge in [-0.3, -0.25) is 9.20 Å². The van der Waals surface area contributed by atoms with E-state index in [1.165, 1.54) is 11.8 Å². The third kappa shape index (κ3) is 3.25. The third-order valence-corrected chi connectivity index (χ3v) is 5.22. The molecule has 5 nitrogen and oxygen atoms in total. The minimum Gasteiger partial charge on any atom is -0.325 e. The Morgan fingerprint density at radius 2 is 1.92 bits per heavy atom. The second-order valence-corrected chi connectivity index (χ2v) is 7.24. The van der Waals surface area contributed by atoms with Crippen LogP contribution in [0, 0.1) is 6.92 Å². The van der Waals surface area contributed by atoms with Gasteiger partial charge >= 0.3 is 0 Å². The van der Waals surface area contributed by atoms with Crippen LogP contribution in [0.25, 0.3) is 16.6 Å². The average Bonchev–Trinajstić information content (AvgIpc) is 3.05. The van der Waals surface area contributed by atoms with E-state index < -0.39 is 0 Å². The molecule has 0 aliphatic heterocycles. The minimum absolute atomic E-state index is 0.106. The molecule has 4 rings (SSSR count). The van der Waals surface area contributed by atoms with E-state index in [9.17, 15) is 4.79 Å². The van der Waals surface area contributed by atoms with E-state index in [4.69, 9.17) is 11.6 Å². The summed E-state index contributed by atoms with van der Waals surface area (Å²) in [5, 5.41) is 13.8. The molecule has 1 N–H and O–H groups in total. The molecule has 0 saturated carbocycles. The normalized spacial score (nSPS) is 11.2. The first kappa shape index (κ1) is 16.9. The number of hydrogen-bond acceptors (Lipinski definition) is 4. The van der Waals surface area contributed by atoms with Crippen LogP contribution in [0.4, 0.5) is 5.69 Å². The highest BCUT2D eigenvalue weighted by atomic mass is 35.5. The van der Waals surface area contributed by atoms with Gasteiger partial charge in [-0.25, -0.2) is 0 Å². The fourth-order valence-corrected chi connectivity index (χ4v) is 3.71. The molecule has 7 heteroatoms. The summed E-state index contributed by atoms with van der Waals surface area (Å²) in [6.45, 7) is 2.06. The zero-order valence-corrected chi connectivity index (χ0v) is 15.5. The molecule has 0 saturated heterocycles. The molecular formula is C19H15ClN4OS. The van der Waals surface area contributed by atoms with E-state index in [1.807, 2.05) is 28.7 Å². The standard InChI is InChI=1S/C19H15ClN4OS/c1-12-10-17-22-23-19(24(17)16-5-3-2-4-15(12)16)26-11-18(25)21-14-8-6-13(20)7-9-14/h2-10H,11H2,1H3,(H,21,25). The van der Waals surface area contributed by atoms with E-state index in [-0.39, 0.29) is 11.7 Å². The van der Waals surface area contributed by atoms with Crippen LogP contribution in [-0.2, 0) is 4.79 Å². The summed E-state index contributed by atoms with van der Waals surface area (Å²) < 4.78 is 1.99. The molecule has 0 atom stereocenters. The maximum Gasteiger partial charge on any atom is 0.234 e. The number of thioether (sulfide) groups is 1. The zero-order valence-electron chi connectivity index (χ0n) is 13.9. The van der Waals surface area contributed by atoms with Crippen LogP contribution in [0.15, 0.2) is 59.8 Å². The summed E-state index contributed by atoms with van der Waals surface area (Å²) in [6.07, 6.45) is 0. The smallest absolute Gasteiger partial charge is 0.234 e. The van der Waals surface area contributed by atoms with Gasteiger partial charge in [0.05, 0.1) is 11.3 Å². The van der Waals surface area contributed by atoms with Gasteiger partial charge < -0.3 is 5.32 Å². The number of anilines is 1. The van der Waals surface area contributed by atoms with Crippen molar-refractivity contribution in [2.45, 2.75) is 12.1 Å². The lowest BCUT2D eigenvalue weighted by atomic mass is 10.1. The number of nitrogens with zero attached hydrogens (tertiary/aromatic N) is 3. The van der Waals surface area contributed by atoms with Crippen molar-refractivity contribution in [3.8, 4) is 0 Å². The first-order valence-corrected chi connectivity index (χ1v) is 9.40. The van der Waals surface area contributed by atoms with E-state index in [2.05, 4.69) is 28.5 Å². The summed E-state index contributed by atoms with van der Waals surface area (Å²) in [7, 11) is 0. The first-order chi connectivity index (χ1) is 12.6. The van der Waals surface area contributed by atoms with Gasteiger partial charge in [-0.05, 0) is 48.9 Å². The van der Waals surface area contributed by atoms with Crippen molar-refractivity contribution in [2.75, 3.05) is 11.1 Å². The van der Waals surface area contributed by atoms with Crippen molar-refractivity contribution >= 4 is 51.5 Å². The van der Waals surface area contributed by atoms with Gasteiger partial charge in [0, 0.05) is 16.1 Å². The number of benzene rings is 2. The molecule has 0 spiro atoms. The second kappa shape index (κ2) is 6.97. The molecular weight excluding hydrogens is 368 g/mol. The van der Waals surface area contributed by atoms with Crippen LogP contribution in [0.5, 0.6) is 0 Å². The van der Waals surface area contributed by atoms with Crippen molar-refractivity contribution in [1.82, 2.24) is 14.6 Å². The fourth-order valence-electron chi connectivity index (χ4n) is 2.83. The van der Waals surface area contributed by atoms with Crippen molar-refractivity contribution in [3.63, 3.8) is 0 Å². The number of rotatable bonds is 4. The number of carbonyl (C=O) groups is 1. The summed E-state index contributed by atoms with van der Waals surface area (Å²) in [6, 6.07) is 17.1. The lowest BCUT2D eigenvalue weighted by molar-refractivity contribution is -0.113. The summed E-state index contributed by atoms with van der Waals surface area (Å²) in [4.78, 5) is 12.2. The number of nitrogens with one attached hydrogen (secondary N) is 1. The van der Waals surface area contributed by atoms with E-state index in [0.29, 0.717) is 15.9 Å². The predicted molar refractivity (Wildman–Crippen MR) is 106 cm³/mol. The third-order valence-electron chi connectivity index (χ3n) is 4.03.